The molecule has 0 N–H and O–H groups in total. The first kappa shape index (κ1) is 11.1. The molecule has 0 unspecified atom stereocenters. The lowest BCUT2D eigenvalue weighted by molar-refractivity contribution is 1.34. The van der Waals surface area contributed by atoms with Gasteiger partial charge >= 0.3 is 0 Å². The fraction of sp³-hybridized carbons (Fsp3) is 0. The summed E-state index contributed by atoms with van der Waals surface area (Å²) in [6, 6.07) is 19.8. The Hall–Kier alpha value is -2.06. The van der Waals surface area contributed by atoms with Gasteiger partial charge in [0.25, 0.3) is 0 Å². The van der Waals surface area contributed by atoms with Gasteiger partial charge in [0.15, 0.2) is 0 Å². The van der Waals surface area contributed by atoms with Gasteiger partial charge in [-0.25, -0.2) is 0 Å². The van der Waals surface area contributed by atoms with Crippen molar-refractivity contribution >= 4 is 34.1 Å². The fourth-order valence-electron chi connectivity index (χ4n) is 1.87. The van der Waals surface area contributed by atoms with Crippen LogP contribution in [0.2, 0.25) is 0 Å². The van der Waals surface area contributed by atoms with Crippen LogP contribution >= 0.6 is 11.8 Å². The molecule has 0 fully saturated rings. The minimum Gasteiger partial charge on any atom is -0.254 e. The average molecular weight is 255 g/mol. The molecule has 3 aromatic rings. The van der Waals surface area contributed by atoms with Crippen LogP contribution < -0.4 is 4.42 Å². The molecule has 88 valence electrons. The number of nitrogens with zero attached hydrogens (tertiary/aromatic N) is 2. The van der Waals surface area contributed by atoms with Crippen molar-refractivity contribution in [2.75, 3.05) is 4.42 Å². The predicted octanol–water partition coefficient (Wildman–Crippen LogP) is 4.53. The number of hydrogen-bond acceptors (Lipinski definition) is 2. The summed E-state index contributed by atoms with van der Waals surface area (Å²) in [6.45, 7) is 0. The van der Waals surface area contributed by atoms with Gasteiger partial charge in [0.2, 0.25) is 0 Å². The summed E-state index contributed by atoms with van der Waals surface area (Å²) in [7, 11) is 0. The third kappa shape index (κ3) is 2.03. The average Bonchev–Trinajstić information content (AvgIpc) is 2.47. The van der Waals surface area contributed by atoms with E-state index >= 15 is 0 Å². The van der Waals surface area contributed by atoms with E-state index in [-0.39, 0.29) is 0 Å². The van der Waals surface area contributed by atoms with E-state index in [1.54, 1.807) is 10.6 Å². The van der Waals surface area contributed by atoms with E-state index < -0.39 is 0 Å². The number of benzene rings is 2. The van der Waals surface area contributed by atoms with Crippen molar-refractivity contribution in [1.82, 2.24) is 4.98 Å². The molecule has 1 aromatic heterocycles. The van der Waals surface area contributed by atoms with Gasteiger partial charge in [-0.2, -0.15) is 0 Å². The molecule has 0 amide bonds. The van der Waals surface area contributed by atoms with Crippen LogP contribution in [-0.2, 0) is 0 Å². The maximum Gasteiger partial charge on any atom is 0.0771 e. The topological polar surface area (TPSA) is 16.1 Å². The molecule has 3 heteroatoms. The Morgan fingerprint density at radius 2 is 1.56 bits per heavy atom. The summed E-state index contributed by atoms with van der Waals surface area (Å²) < 4.78 is 1.61. The van der Waals surface area contributed by atoms with Crippen LogP contribution in [0.5, 0.6) is 0 Å². The van der Waals surface area contributed by atoms with Gasteiger partial charge in [0.1, 0.15) is 0 Å². The molecule has 2 aromatic carbocycles. The molecule has 0 radical (unpaired) electrons. The largest absolute Gasteiger partial charge is 0.254 e. The summed E-state index contributed by atoms with van der Waals surface area (Å²) in [5.74, 6) is 0. The van der Waals surface area contributed by atoms with Gasteiger partial charge in [0.05, 0.1) is 23.1 Å². The third-order valence-corrected chi connectivity index (χ3v) is 3.18. The lowest BCUT2D eigenvalue weighted by Gasteiger charge is -2.15. The Bertz CT molecular complexity index is 667. The zero-order chi connectivity index (χ0) is 12.4. The number of para-hydroxylation sites is 2. The fourth-order valence-corrected chi connectivity index (χ4v) is 2.08. The Balaban J connectivity index is 2.04. The molecular formula is C15H11ClN2. The molecule has 0 atom stereocenters. The smallest absolute Gasteiger partial charge is 0.0771 e. The minimum atomic E-state index is 0.863. The number of halogens is 1. The van der Waals surface area contributed by atoms with Crippen molar-refractivity contribution in [3.8, 4) is 0 Å². The predicted molar refractivity (Wildman–Crippen MR) is 76.2 cm³/mol. The highest BCUT2D eigenvalue weighted by atomic mass is 35.5. The van der Waals surface area contributed by atoms with Gasteiger partial charge in [-0.1, -0.05) is 36.4 Å². The highest BCUT2D eigenvalue weighted by Gasteiger charge is 2.06. The van der Waals surface area contributed by atoms with Crippen molar-refractivity contribution in [1.29, 1.82) is 0 Å². The molecule has 1 heterocycles. The first-order chi connectivity index (χ1) is 8.84. The molecule has 0 aliphatic rings. The monoisotopic (exact) mass is 254 g/mol. The van der Waals surface area contributed by atoms with Crippen LogP contribution in [0.1, 0.15) is 0 Å². The van der Waals surface area contributed by atoms with Crippen LogP contribution in [0.3, 0.4) is 0 Å². The molecular weight excluding hydrogens is 244 g/mol. The van der Waals surface area contributed by atoms with Gasteiger partial charge in [-0.15, -0.1) is 0 Å². The lowest BCUT2D eigenvalue weighted by atomic mass is 10.2. The first-order valence-corrected chi connectivity index (χ1v) is 6.04. The summed E-state index contributed by atoms with van der Waals surface area (Å²) in [5.41, 5.74) is 2.76. The van der Waals surface area contributed by atoms with Crippen LogP contribution in [0.4, 0.5) is 11.4 Å². The lowest BCUT2D eigenvalue weighted by Crippen LogP contribution is -2.01. The van der Waals surface area contributed by atoms with Gasteiger partial charge in [0, 0.05) is 17.2 Å². The second-order valence-electron chi connectivity index (χ2n) is 4.00. The van der Waals surface area contributed by atoms with E-state index in [0.717, 1.165) is 22.3 Å². The maximum atomic E-state index is 6.33. The quantitative estimate of drug-likeness (QED) is 0.625. The number of anilines is 2. The second-order valence-corrected chi connectivity index (χ2v) is 4.34. The van der Waals surface area contributed by atoms with Crippen LogP contribution in [-0.4, -0.2) is 4.98 Å². The zero-order valence-electron chi connectivity index (χ0n) is 9.62. The highest BCUT2D eigenvalue weighted by molar-refractivity contribution is 6.29. The molecule has 0 saturated carbocycles. The standard InChI is InChI=1S/C15H11ClN2/c16-18(13-7-2-1-3-8-13)14-10-12-6-4-5-9-15(12)17-11-14/h1-11H. The van der Waals surface area contributed by atoms with E-state index in [0.29, 0.717) is 0 Å². The van der Waals surface area contributed by atoms with Crippen LogP contribution in [0, 0.1) is 0 Å². The SMILES string of the molecule is ClN(c1ccccc1)c1cnc2ccccc2c1. The second kappa shape index (κ2) is 4.67. The van der Waals surface area contributed by atoms with E-state index in [9.17, 15) is 0 Å². The van der Waals surface area contributed by atoms with Crippen molar-refractivity contribution in [2.45, 2.75) is 0 Å². The molecule has 0 spiro atoms. The van der Waals surface area contributed by atoms with Crippen molar-refractivity contribution in [2.24, 2.45) is 0 Å². The maximum absolute atomic E-state index is 6.33. The summed E-state index contributed by atoms with van der Waals surface area (Å²) in [4.78, 5) is 4.40. The van der Waals surface area contributed by atoms with Gasteiger partial charge in [-0.3, -0.25) is 9.40 Å². The number of aromatic nitrogens is 1. The molecule has 0 aliphatic carbocycles. The molecule has 3 rings (SSSR count). The van der Waals surface area contributed by atoms with E-state index in [1.165, 1.54) is 0 Å². The van der Waals surface area contributed by atoms with Crippen LogP contribution in [0.25, 0.3) is 10.9 Å². The van der Waals surface area contributed by atoms with Gasteiger partial charge in [-0.05, 0) is 24.3 Å². The summed E-state index contributed by atoms with van der Waals surface area (Å²) >= 11 is 6.33. The zero-order valence-corrected chi connectivity index (χ0v) is 10.4. The molecule has 0 bridgehead atoms. The van der Waals surface area contributed by atoms with Gasteiger partial charge < -0.3 is 0 Å². The van der Waals surface area contributed by atoms with E-state index in [2.05, 4.69) is 4.98 Å². The summed E-state index contributed by atoms with van der Waals surface area (Å²) in [5, 5.41) is 1.08. The van der Waals surface area contributed by atoms with Crippen molar-refractivity contribution in [3.63, 3.8) is 0 Å². The molecule has 2 nitrogen and oxygen atoms in total. The number of rotatable bonds is 2. The first-order valence-electron chi connectivity index (χ1n) is 5.70. The Morgan fingerprint density at radius 1 is 0.833 bits per heavy atom. The minimum absolute atomic E-state index is 0.863. The van der Waals surface area contributed by atoms with E-state index in [1.807, 2.05) is 60.7 Å². The Labute approximate surface area is 111 Å². The summed E-state index contributed by atoms with van der Waals surface area (Å²) in [6.07, 6.45) is 1.78. The third-order valence-electron chi connectivity index (χ3n) is 2.79. The van der Waals surface area contributed by atoms with Crippen LogP contribution in [0.15, 0.2) is 66.9 Å². The van der Waals surface area contributed by atoms with Crippen molar-refractivity contribution in [3.05, 3.63) is 66.9 Å². The molecule has 0 saturated heterocycles. The highest BCUT2D eigenvalue weighted by Crippen LogP contribution is 2.28. The normalized spacial score (nSPS) is 10.5. The Morgan fingerprint density at radius 3 is 2.39 bits per heavy atom. The number of hydrogen-bond donors (Lipinski definition) is 0. The van der Waals surface area contributed by atoms with E-state index in [4.69, 9.17) is 11.8 Å². The Kier molecular flexibility index (Phi) is 2.87. The molecule has 0 aliphatic heterocycles. The molecule has 18 heavy (non-hydrogen) atoms. The number of fused-ring (bicyclic) bond motifs is 1. The number of pyridine rings is 1. The van der Waals surface area contributed by atoms with Crippen molar-refractivity contribution < 1.29 is 0 Å².